The van der Waals surface area contributed by atoms with Crippen LogP contribution in [0, 0.1) is 17.3 Å². The molecule has 1 aliphatic carbocycles. The number of fused-ring (bicyclic) bond motifs is 3. The molecule has 7 rings (SSSR count). The summed E-state index contributed by atoms with van der Waals surface area (Å²) < 4.78 is 3.10. The summed E-state index contributed by atoms with van der Waals surface area (Å²) in [7, 11) is 0. The van der Waals surface area contributed by atoms with E-state index in [0.29, 0.717) is 18.1 Å². The van der Waals surface area contributed by atoms with Crippen LogP contribution in [0.25, 0.3) is 32.2 Å². The highest BCUT2D eigenvalue weighted by Gasteiger charge is 2.72. The van der Waals surface area contributed by atoms with Crippen molar-refractivity contribution < 1.29 is 14.7 Å². The SMILES string of the molecule is CC1(C)C2C(=O)N(Cc3cc4nccc(-c5cc(Cl)cc6ccn(CC(O)CN7CCNCC7)c56)c4s3)C(=O)C21. The Labute approximate surface area is 241 Å². The Morgan fingerprint density at radius 3 is 2.60 bits per heavy atom. The molecule has 2 aliphatic heterocycles. The zero-order valence-corrected chi connectivity index (χ0v) is 24.1. The van der Waals surface area contributed by atoms with Gasteiger partial charge >= 0.3 is 0 Å². The van der Waals surface area contributed by atoms with Crippen LogP contribution in [0.2, 0.25) is 5.02 Å². The predicted molar refractivity (Wildman–Crippen MR) is 157 cm³/mol. The molecule has 5 heterocycles. The number of carbonyl (C=O) groups excluding carboxylic acids is 2. The van der Waals surface area contributed by atoms with Crippen molar-refractivity contribution in [3.05, 3.63) is 52.6 Å². The van der Waals surface area contributed by atoms with E-state index in [9.17, 15) is 14.7 Å². The summed E-state index contributed by atoms with van der Waals surface area (Å²) in [6, 6.07) is 9.94. The molecule has 40 heavy (non-hydrogen) atoms. The molecule has 2 N–H and O–H groups in total. The molecule has 8 nitrogen and oxygen atoms in total. The molecule has 10 heteroatoms. The average Bonchev–Trinajstić information content (AvgIpc) is 3.26. The molecule has 0 spiro atoms. The van der Waals surface area contributed by atoms with E-state index in [-0.39, 0.29) is 35.6 Å². The summed E-state index contributed by atoms with van der Waals surface area (Å²) >= 11 is 8.16. The number of thiophene rings is 1. The van der Waals surface area contributed by atoms with Gasteiger partial charge in [-0.3, -0.25) is 24.4 Å². The van der Waals surface area contributed by atoms with Gasteiger partial charge in [-0.2, -0.15) is 0 Å². The van der Waals surface area contributed by atoms with Crippen molar-refractivity contribution in [2.75, 3.05) is 32.7 Å². The fraction of sp³-hybridized carbons (Fsp3) is 0.433. The lowest BCUT2D eigenvalue weighted by atomic mass is 10.0. The smallest absolute Gasteiger partial charge is 0.234 e. The van der Waals surface area contributed by atoms with Crippen LogP contribution in [0.15, 0.2) is 42.7 Å². The van der Waals surface area contributed by atoms with Gasteiger partial charge in [0.05, 0.1) is 40.2 Å². The van der Waals surface area contributed by atoms with Crippen molar-refractivity contribution in [3.8, 4) is 11.1 Å². The third-order valence-corrected chi connectivity index (χ3v) is 10.2. The van der Waals surface area contributed by atoms with E-state index >= 15 is 0 Å². The molecule has 3 atom stereocenters. The highest BCUT2D eigenvalue weighted by molar-refractivity contribution is 7.19. The molecule has 2 saturated heterocycles. The third-order valence-electron chi connectivity index (χ3n) is 8.87. The normalized spacial score (nSPS) is 23.4. The molecule has 0 radical (unpaired) electrons. The van der Waals surface area contributed by atoms with Gasteiger partial charge in [-0.15, -0.1) is 11.3 Å². The second kappa shape index (κ2) is 9.63. The minimum atomic E-state index is -0.505. The van der Waals surface area contributed by atoms with Crippen LogP contribution in [0.1, 0.15) is 18.7 Å². The maximum absolute atomic E-state index is 12.9. The highest BCUT2D eigenvalue weighted by atomic mass is 35.5. The number of pyridine rings is 1. The highest BCUT2D eigenvalue weighted by Crippen LogP contribution is 2.63. The van der Waals surface area contributed by atoms with E-state index < -0.39 is 6.10 Å². The zero-order valence-electron chi connectivity index (χ0n) is 22.6. The first-order chi connectivity index (χ1) is 19.2. The van der Waals surface area contributed by atoms with Gasteiger partial charge in [-0.05, 0) is 35.7 Å². The van der Waals surface area contributed by atoms with Crippen molar-refractivity contribution >= 4 is 55.9 Å². The fourth-order valence-corrected chi connectivity index (χ4v) is 8.10. The quantitative estimate of drug-likeness (QED) is 0.323. The number of hydrogen-bond acceptors (Lipinski definition) is 7. The van der Waals surface area contributed by atoms with Crippen molar-refractivity contribution in [3.63, 3.8) is 0 Å². The minimum Gasteiger partial charge on any atom is -0.390 e. The summed E-state index contributed by atoms with van der Waals surface area (Å²) in [5.41, 5.74) is 3.59. The molecule has 3 aromatic heterocycles. The minimum absolute atomic E-state index is 0.0561. The molecule has 208 valence electrons. The number of nitrogens with one attached hydrogen (secondary N) is 1. The Hall–Kier alpha value is -2.82. The van der Waals surface area contributed by atoms with Crippen LogP contribution >= 0.6 is 22.9 Å². The summed E-state index contributed by atoms with van der Waals surface area (Å²) in [4.78, 5) is 35.1. The number of imide groups is 1. The maximum atomic E-state index is 12.9. The summed E-state index contributed by atoms with van der Waals surface area (Å²) in [6.07, 6.45) is 3.30. The van der Waals surface area contributed by atoms with Gasteiger partial charge in [0.2, 0.25) is 11.8 Å². The van der Waals surface area contributed by atoms with Crippen LogP contribution in [-0.4, -0.2) is 75.1 Å². The monoisotopic (exact) mass is 577 g/mol. The zero-order chi connectivity index (χ0) is 27.8. The third kappa shape index (κ3) is 4.26. The first-order valence-corrected chi connectivity index (χ1v) is 15.0. The molecule has 1 saturated carbocycles. The number of aliphatic hydroxyl groups is 1. The number of carbonyl (C=O) groups is 2. The van der Waals surface area contributed by atoms with Crippen molar-refractivity contribution in [1.82, 2.24) is 24.7 Å². The van der Waals surface area contributed by atoms with E-state index in [1.165, 1.54) is 4.90 Å². The lowest BCUT2D eigenvalue weighted by Gasteiger charge is -2.29. The van der Waals surface area contributed by atoms with Gasteiger partial charge in [-0.25, -0.2) is 0 Å². The largest absolute Gasteiger partial charge is 0.390 e. The summed E-state index contributed by atoms with van der Waals surface area (Å²) in [6.45, 7) is 9.15. The number of benzene rings is 1. The Morgan fingerprint density at radius 2 is 1.85 bits per heavy atom. The Bertz CT molecular complexity index is 1630. The van der Waals surface area contributed by atoms with Crippen LogP contribution in [0.3, 0.4) is 0 Å². The van der Waals surface area contributed by atoms with E-state index in [1.54, 1.807) is 17.5 Å². The molecule has 3 aliphatic rings. The Morgan fingerprint density at radius 1 is 1.10 bits per heavy atom. The molecule has 3 unspecified atom stereocenters. The van der Waals surface area contributed by atoms with E-state index in [4.69, 9.17) is 11.6 Å². The molecule has 0 bridgehead atoms. The van der Waals surface area contributed by atoms with Crippen LogP contribution < -0.4 is 5.32 Å². The van der Waals surface area contributed by atoms with Crippen molar-refractivity contribution in [2.45, 2.75) is 33.0 Å². The molecular weight excluding hydrogens is 546 g/mol. The molecule has 4 aromatic rings. The molecule has 1 aromatic carbocycles. The number of halogens is 1. The number of aromatic nitrogens is 2. The number of likely N-dealkylation sites (tertiary alicyclic amines) is 1. The van der Waals surface area contributed by atoms with E-state index in [1.807, 2.05) is 50.4 Å². The number of piperidine rings is 1. The van der Waals surface area contributed by atoms with Gasteiger partial charge in [0.15, 0.2) is 0 Å². The lowest BCUT2D eigenvalue weighted by Crippen LogP contribution is -2.46. The lowest BCUT2D eigenvalue weighted by molar-refractivity contribution is -0.143. The summed E-state index contributed by atoms with van der Waals surface area (Å²) in [5, 5.41) is 16.0. The number of rotatable bonds is 7. The van der Waals surface area contributed by atoms with Crippen molar-refractivity contribution in [2.24, 2.45) is 17.3 Å². The number of aliphatic hydroxyl groups excluding tert-OH is 1. The molecular formula is C30H32ClN5O3S. The number of amides is 2. The second-order valence-corrected chi connectivity index (χ2v) is 13.5. The van der Waals surface area contributed by atoms with Crippen LogP contribution in [0.4, 0.5) is 0 Å². The first kappa shape index (κ1) is 26.1. The van der Waals surface area contributed by atoms with Gasteiger partial charge < -0.3 is 15.0 Å². The molecule has 3 fully saturated rings. The topological polar surface area (TPSA) is 90.7 Å². The Kier molecular flexibility index (Phi) is 6.29. The van der Waals surface area contributed by atoms with E-state index in [2.05, 4.69) is 19.8 Å². The Balaban J connectivity index is 1.21. The van der Waals surface area contributed by atoms with Crippen LogP contribution in [-0.2, 0) is 22.7 Å². The summed E-state index contributed by atoms with van der Waals surface area (Å²) in [5.74, 6) is -0.478. The number of β-amino-alcohol motifs (C(OH)–C–C–N with tert-alkyl or cyclic N) is 1. The van der Waals surface area contributed by atoms with Crippen LogP contribution in [0.5, 0.6) is 0 Å². The predicted octanol–water partition coefficient (Wildman–Crippen LogP) is 3.98. The number of piperazine rings is 1. The van der Waals surface area contributed by atoms with Gasteiger partial charge in [0, 0.05) is 78.1 Å². The fourth-order valence-electron chi connectivity index (χ4n) is 6.74. The number of hydrogen-bond donors (Lipinski definition) is 2. The molecule has 2 amide bonds. The van der Waals surface area contributed by atoms with Crippen molar-refractivity contribution in [1.29, 1.82) is 0 Å². The number of nitrogens with zero attached hydrogens (tertiary/aromatic N) is 4. The van der Waals surface area contributed by atoms with Gasteiger partial charge in [0.1, 0.15) is 0 Å². The van der Waals surface area contributed by atoms with Gasteiger partial charge in [0.25, 0.3) is 0 Å². The maximum Gasteiger partial charge on any atom is 0.234 e. The average molecular weight is 578 g/mol. The van der Waals surface area contributed by atoms with E-state index in [0.717, 1.165) is 63.3 Å². The first-order valence-electron chi connectivity index (χ1n) is 13.8. The second-order valence-electron chi connectivity index (χ2n) is 11.9. The standard InChI is InChI=1S/C30H32ClN5O3S/c1-30(2)24-25(30)29(39)36(28(24)38)16-20-13-23-27(40-20)21(3-5-33-23)22-12-18(31)11-17-4-8-35(26(17)22)15-19(37)14-34-9-6-32-7-10-34/h3-5,8,11-13,19,24-25,32,37H,6-7,9-10,14-16H2,1-2H3. The van der Waals surface area contributed by atoms with Gasteiger partial charge in [-0.1, -0.05) is 25.4 Å².